The zero-order valence-electron chi connectivity index (χ0n) is 13.4. The van der Waals surface area contributed by atoms with Crippen molar-refractivity contribution in [3.05, 3.63) is 47.5 Å². The molecule has 1 aliphatic heterocycles. The van der Waals surface area contributed by atoms with E-state index < -0.39 is 6.09 Å². The van der Waals surface area contributed by atoms with Crippen molar-refractivity contribution in [2.45, 2.75) is 20.0 Å². The monoisotopic (exact) mass is 360 g/mol. The molecular weight excluding hydrogens is 344 g/mol. The first-order chi connectivity index (χ1) is 11.4. The molecule has 1 aliphatic rings. The summed E-state index contributed by atoms with van der Waals surface area (Å²) in [4.78, 5) is 14.6. The molecule has 0 aliphatic carbocycles. The molecular formula is C18H17ClN2O2S. The van der Waals surface area contributed by atoms with Crippen LogP contribution in [0.5, 0.6) is 0 Å². The Kier molecular flexibility index (Phi) is 4.73. The van der Waals surface area contributed by atoms with Gasteiger partial charge in [0.2, 0.25) is 0 Å². The van der Waals surface area contributed by atoms with Crippen LogP contribution in [0.1, 0.15) is 13.8 Å². The van der Waals surface area contributed by atoms with E-state index in [1.165, 1.54) is 0 Å². The molecule has 0 saturated carbocycles. The maximum atomic E-state index is 12.4. The Hall–Kier alpha value is -2.11. The molecule has 1 amide bonds. The molecule has 2 aromatic carbocycles. The van der Waals surface area contributed by atoms with Gasteiger partial charge < -0.3 is 10.1 Å². The fraction of sp³-hybridized carbons (Fsp3) is 0.222. The van der Waals surface area contributed by atoms with Crippen LogP contribution >= 0.6 is 23.8 Å². The second kappa shape index (κ2) is 6.79. The zero-order valence-corrected chi connectivity index (χ0v) is 14.9. The minimum Gasteiger partial charge on any atom is -0.446 e. The van der Waals surface area contributed by atoms with E-state index in [4.69, 9.17) is 28.6 Å². The van der Waals surface area contributed by atoms with Crippen LogP contribution in [-0.2, 0) is 4.74 Å². The number of carbonyl (C=O) groups excluding carboxylic acids is 1. The Morgan fingerprint density at radius 2 is 2.00 bits per heavy atom. The maximum Gasteiger partial charge on any atom is 0.415 e. The number of amides is 1. The van der Waals surface area contributed by atoms with Crippen molar-refractivity contribution in [3.8, 4) is 11.1 Å². The molecule has 0 spiro atoms. The Labute approximate surface area is 151 Å². The van der Waals surface area contributed by atoms with Crippen LogP contribution in [0.2, 0.25) is 5.02 Å². The van der Waals surface area contributed by atoms with Crippen molar-refractivity contribution in [1.29, 1.82) is 0 Å². The molecule has 1 heterocycles. The SMILES string of the molecule is CC(C)OC(=O)N1CC(=S)Nc2ccc(-c3cccc(Cl)c3)cc21. The summed E-state index contributed by atoms with van der Waals surface area (Å²) in [7, 11) is 0. The average molecular weight is 361 g/mol. The van der Waals surface area contributed by atoms with Crippen LogP contribution in [0.15, 0.2) is 42.5 Å². The third-order valence-corrected chi connectivity index (χ3v) is 4.05. The highest BCUT2D eigenvalue weighted by Gasteiger charge is 2.27. The molecule has 1 N–H and O–H groups in total. The molecule has 4 nitrogen and oxygen atoms in total. The van der Waals surface area contributed by atoms with Gasteiger partial charge in [-0.3, -0.25) is 4.90 Å². The smallest absolute Gasteiger partial charge is 0.415 e. The quantitative estimate of drug-likeness (QED) is 0.755. The number of ether oxygens (including phenoxy) is 1. The second-order valence-electron chi connectivity index (χ2n) is 5.81. The number of anilines is 2. The van der Waals surface area contributed by atoms with E-state index in [1.807, 2.05) is 56.3 Å². The average Bonchev–Trinajstić information content (AvgIpc) is 2.53. The van der Waals surface area contributed by atoms with Gasteiger partial charge in [-0.25, -0.2) is 4.79 Å². The van der Waals surface area contributed by atoms with Gasteiger partial charge in [0.15, 0.2) is 0 Å². The van der Waals surface area contributed by atoms with Gasteiger partial charge in [-0.05, 0) is 49.2 Å². The number of hydrogen-bond acceptors (Lipinski definition) is 3. The predicted octanol–water partition coefficient (Wildman–Crippen LogP) is 5.11. The normalized spacial score (nSPS) is 13.5. The lowest BCUT2D eigenvalue weighted by molar-refractivity contribution is 0.123. The number of halogens is 1. The van der Waals surface area contributed by atoms with Crippen LogP contribution < -0.4 is 10.2 Å². The van der Waals surface area contributed by atoms with Crippen molar-refractivity contribution in [1.82, 2.24) is 0 Å². The van der Waals surface area contributed by atoms with E-state index in [-0.39, 0.29) is 6.10 Å². The van der Waals surface area contributed by atoms with Crippen molar-refractivity contribution in [3.63, 3.8) is 0 Å². The van der Waals surface area contributed by atoms with E-state index >= 15 is 0 Å². The highest BCUT2D eigenvalue weighted by atomic mass is 35.5. The van der Waals surface area contributed by atoms with Crippen LogP contribution in [0.4, 0.5) is 16.2 Å². The van der Waals surface area contributed by atoms with Gasteiger partial charge in [0.05, 0.1) is 24.0 Å². The number of nitrogens with zero attached hydrogens (tertiary/aromatic N) is 1. The lowest BCUT2D eigenvalue weighted by atomic mass is 10.0. The van der Waals surface area contributed by atoms with E-state index in [2.05, 4.69) is 5.32 Å². The molecule has 0 atom stereocenters. The van der Waals surface area contributed by atoms with Gasteiger partial charge >= 0.3 is 6.09 Å². The van der Waals surface area contributed by atoms with Gasteiger partial charge in [-0.15, -0.1) is 0 Å². The Bertz CT molecular complexity index is 807. The fourth-order valence-corrected chi connectivity index (χ4v) is 2.98. The third-order valence-electron chi connectivity index (χ3n) is 3.58. The second-order valence-corrected chi connectivity index (χ2v) is 6.74. The van der Waals surface area contributed by atoms with Crippen molar-refractivity contribution in [2.75, 3.05) is 16.8 Å². The zero-order chi connectivity index (χ0) is 17.3. The van der Waals surface area contributed by atoms with E-state index in [1.54, 1.807) is 4.90 Å². The Balaban J connectivity index is 2.02. The van der Waals surface area contributed by atoms with Crippen molar-refractivity contribution >= 4 is 46.3 Å². The number of rotatable bonds is 2. The molecule has 0 bridgehead atoms. The minimum atomic E-state index is -0.404. The van der Waals surface area contributed by atoms with E-state index in [0.717, 1.165) is 22.5 Å². The lowest BCUT2D eigenvalue weighted by Crippen LogP contribution is -2.42. The van der Waals surface area contributed by atoms with Crippen LogP contribution in [-0.4, -0.2) is 23.7 Å². The summed E-state index contributed by atoms with van der Waals surface area (Å²) in [5, 5.41) is 3.81. The molecule has 2 aromatic rings. The highest BCUT2D eigenvalue weighted by molar-refractivity contribution is 7.80. The number of nitrogens with one attached hydrogen (secondary N) is 1. The first-order valence-corrected chi connectivity index (χ1v) is 8.40. The summed E-state index contributed by atoms with van der Waals surface area (Å²) in [5.41, 5.74) is 3.48. The number of hydrogen-bond donors (Lipinski definition) is 1. The number of carbonyl (C=O) groups is 1. The highest BCUT2D eigenvalue weighted by Crippen LogP contribution is 2.35. The maximum absolute atomic E-state index is 12.4. The van der Waals surface area contributed by atoms with Gasteiger partial charge in [0.25, 0.3) is 0 Å². The molecule has 0 radical (unpaired) electrons. The lowest BCUT2D eigenvalue weighted by Gasteiger charge is -2.31. The molecule has 0 saturated heterocycles. The molecule has 0 fully saturated rings. The molecule has 24 heavy (non-hydrogen) atoms. The topological polar surface area (TPSA) is 41.6 Å². The fourth-order valence-electron chi connectivity index (χ4n) is 2.55. The Morgan fingerprint density at radius 3 is 2.71 bits per heavy atom. The van der Waals surface area contributed by atoms with Crippen molar-refractivity contribution < 1.29 is 9.53 Å². The van der Waals surface area contributed by atoms with Crippen LogP contribution in [0.25, 0.3) is 11.1 Å². The molecule has 124 valence electrons. The first kappa shape index (κ1) is 16.7. The standard InChI is InChI=1S/C18H17ClN2O2S/c1-11(2)23-18(22)21-10-17(24)20-15-7-6-13(9-16(15)21)12-4-3-5-14(19)8-12/h3-9,11H,10H2,1-2H3,(H,20,24). The van der Waals surface area contributed by atoms with Gasteiger partial charge in [0.1, 0.15) is 4.99 Å². The number of fused-ring (bicyclic) bond motifs is 1. The summed E-state index contributed by atoms with van der Waals surface area (Å²) in [6, 6.07) is 13.4. The summed E-state index contributed by atoms with van der Waals surface area (Å²) < 4.78 is 5.34. The molecule has 3 rings (SSSR count). The summed E-state index contributed by atoms with van der Waals surface area (Å²) >= 11 is 11.3. The van der Waals surface area contributed by atoms with Gasteiger partial charge in [-0.2, -0.15) is 0 Å². The van der Waals surface area contributed by atoms with Crippen molar-refractivity contribution in [2.24, 2.45) is 0 Å². The summed E-state index contributed by atoms with van der Waals surface area (Å²) in [5.74, 6) is 0. The minimum absolute atomic E-state index is 0.194. The molecule has 0 aromatic heterocycles. The summed E-state index contributed by atoms with van der Waals surface area (Å²) in [6.07, 6.45) is -0.598. The van der Waals surface area contributed by atoms with E-state index in [9.17, 15) is 4.79 Å². The number of benzene rings is 2. The first-order valence-electron chi connectivity index (χ1n) is 7.62. The molecule has 0 unspecified atom stereocenters. The summed E-state index contributed by atoms with van der Waals surface area (Å²) in [6.45, 7) is 3.94. The van der Waals surface area contributed by atoms with E-state index in [0.29, 0.717) is 16.6 Å². The predicted molar refractivity (Wildman–Crippen MR) is 102 cm³/mol. The van der Waals surface area contributed by atoms with Gasteiger partial charge in [0, 0.05) is 5.02 Å². The number of thiocarbonyl (C=S) groups is 1. The third kappa shape index (κ3) is 3.52. The largest absolute Gasteiger partial charge is 0.446 e. The van der Waals surface area contributed by atoms with Crippen LogP contribution in [0, 0.1) is 0 Å². The molecule has 6 heteroatoms. The van der Waals surface area contributed by atoms with Crippen LogP contribution in [0.3, 0.4) is 0 Å². The van der Waals surface area contributed by atoms with Gasteiger partial charge in [-0.1, -0.05) is 42.0 Å². The Morgan fingerprint density at radius 1 is 1.25 bits per heavy atom.